The number of rotatable bonds is 7. The Kier molecular flexibility index (Phi) is 6.24. The number of thiazole rings is 1. The molecule has 0 saturated carbocycles. The number of carbonyl (C=O) groups excluding carboxylic acids is 1. The average Bonchev–Trinajstić information content (AvgIpc) is 3.11. The topological polar surface area (TPSA) is 51.2 Å². The molecule has 0 bridgehead atoms. The Labute approximate surface area is 164 Å². The van der Waals surface area contributed by atoms with E-state index in [2.05, 4.69) is 30.2 Å². The van der Waals surface area contributed by atoms with E-state index in [0.717, 1.165) is 34.6 Å². The molecule has 0 saturated heterocycles. The van der Waals surface area contributed by atoms with Crippen molar-refractivity contribution in [2.24, 2.45) is 0 Å². The van der Waals surface area contributed by atoms with Crippen LogP contribution in [0.4, 0.5) is 5.13 Å². The average molecular weight is 381 g/mol. The predicted molar refractivity (Wildman–Crippen MR) is 112 cm³/mol. The van der Waals surface area contributed by atoms with Crippen LogP contribution >= 0.6 is 11.3 Å². The minimum Gasteiger partial charge on any atom is -0.494 e. The number of amides is 1. The molecule has 0 aliphatic rings. The van der Waals surface area contributed by atoms with E-state index in [0.29, 0.717) is 18.2 Å². The number of nitrogens with zero attached hydrogens (tertiary/aromatic N) is 1. The second-order valence-corrected chi connectivity index (χ2v) is 7.42. The summed E-state index contributed by atoms with van der Waals surface area (Å²) in [6, 6.07) is 14.0. The summed E-state index contributed by atoms with van der Waals surface area (Å²) in [6.45, 7) is 6.88. The third kappa shape index (κ3) is 5.17. The zero-order chi connectivity index (χ0) is 19.2. The SMILES string of the molecule is CCCOc1ccc(-c2csc(NC(=O)Cc3ccc(C)cc3C)n2)cc1. The van der Waals surface area contributed by atoms with Gasteiger partial charge in [0.1, 0.15) is 5.75 Å². The second kappa shape index (κ2) is 8.82. The summed E-state index contributed by atoms with van der Waals surface area (Å²) in [4.78, 5) is 16.9. The van der Waals surface area contributed by atoms with Crippen LogP contribution in [0.3, 0.4) is 0 Å². The minimum absolute atomic E-state index is 0.0498. The molecule has 1 heterocycles. The largest absolute Gasteiger partial charge is 0.494 e. The van der Waals surface area contributed by atoms with E-state index in [4.69, 9.17) is 4.74 Å². The summed E-state index contributed by atoms with van der Waals surface area (Å²) in [5.41, 5.74) is 5.23. The third-order valence-corrected chi connectivity index (χ3v) is 4.98. The van der Waals surface area contributed by atoms with Crippen molar-refractivity contribution in [2.75, 3.05) is 11.9 Å². The molecule has 1 aromatic heterocycles. The quantitative estimate of drug-likeness (QED) is 0.597. The highest BCUT2D eigenvalue weighted by molar-refractivity contribution is 7.14. The van der Waals surface area contributed by atoms with E-state index in [1.807, 2.05) is 48.7 Å². The molecule has 27 heavy (non-hydrogen) atoms. The van der Waals surface area contributed by atoms with Gasteiger partial charge in [-0.05, 0) is 55.7 Å². The van der Waals surface area contributed by atoms with E-state index in [9.17, 15) is 4.79 Å². The Morgan fingerprint density at radius 2 is 1.93 bits per heavy atom. The third-order valence-electron chi connectivity index (χ3n) is 4.22. The second-order valence-electron chi connectivity index (χ2n) is 6.57. The molecule has 0 unspecified atom stereocenters. The highest BCUT2D eigenvalue weighted by Gasteiger charge is 2.10. The van der Waals surface area contributed by atoms with Crippen LogP contribution in [0.1, 0.15) is 30.0 Å². The number of anilines is 1. The highest BCUT2D eigenvalue weighted by Crippen LogP contribution is 2.26. The molecule has 0 aliphatic heterocycles. The van der Waals surface area contributed by atoms with Crippen LogP contribution in [0.15, 0.2) is 47.8 Å². The van der Waals surface area contributed by atoms with Crippen molar-refractivity contribution in [1.29, 1.82) is 0 Å². The standard InChI is InChI=1S/C22H24N2O2S/c1-4-11-26-19-9-7-17(8-10-19)20-14-27-22(23-20)24-21(25)13-18-6-5-15(2)12-16(18)3/h5-10,12,14H,4,11,13H2,1-3H3,(H,23,24,25). The molecule has 140 valence electrons. The molecular formula is C22H24N2O2S. The smallest absolute Gasteiger partial charge is 0.230 e. The number of benzene rings is 2. The van der Waals surface area contributed by atoms with Crippen LogP contribution in [0, 0.1) is 13.8 Å². The number of aryl methyl sites for hydroxylation is 2. The molecule has 4 nitrogen and oxygen atoms in total. The fourth-order valence-corrected chi connectivity index (χ4v) is 3.52. The van der Waals surface area contributed by atoms with Gasteiger partial charge < -0.3 is 10.1 Å². The van der Waals surface area contributed by atoms with Crippen molar-refractivity contribution >= 4 is 22.4 Å². The summed E-state index contributed by atoms with van der Waals surface area (Å²) in [6.07, 6.45) is 1.34. The van der Waals surface area contributed by atoms with Crippen LogP contribution in [0.2, 0.25) is 0 Å². The van der Waals surface area contributed by atoms with Gasteiger partial charge in [-0.15, -0.1) is 11.3 Å². The van der Waals surface area contributed by atoms with Crippen molar-refractivity contribution in [1.82, 2.24) is 4.98 Å². The molecule has 5 heteroatoms. The number of hydrogen-bond acceptors (Lipinski definition) is 4. The monoisotopic (exact) mass is 380 g/mol. The summed E-state index contributed by atoms with van der Waals surface area (Å²) in [7, 11) is 0. The van der Waals surface area contributed by atoms with Crippen molar-refractivity contribution in [2.45, 2.75) is 33.6 Å². The van der Waals surface area contributed by atoms with Gasteiger partial charge in [0.25, 0.3) is 0 Å². The maximum Gasteiger partial charge on any atom is 0.230 e. The van der Waals surface area contributed by atoms with Gasteiger partial charge in [-0.2, -0.15) is 0 Å². The molecule has 3 rings (SSSR count). The molecule has 1 N–H and O–H groups in total. The summed E-state index contributed by atoms with van der Waals surface area (Å²) < 4.78 is 5.60. The maximum atomic E-state index is 12.3. The van der Waals surface area contributed by atoms with E-state index in [-0.39, 0.29) is 5.91 Å². The van der Waals surface area contributed by atoms with Gasteiger partial charge in [-0.25, -0.2) is 4.98 Å². The van der Waals surface area contributed by atoms with Gasteiger partial charge in [0, 0.05) is 10.9 Å². The number of nitrogens with one attached hydrogen (secondary N) is 1. The van der Waals surface area contributed by atoms with Crippen LogP contribution in [-0.4, -0.2) is 17.5 Å². The molecule has 0 spiro atoms. The molecule has 0 radical (unpaired) electrons. The van der Waals surface area contributed by atoms with Crippen LogP contribution in [0.5, 0.6) is 5.75 Å². The molecule has 3 aromatic rings. The maximum absolute atomic E-state index is 12.3. The van der Waals surface area contributed by atoms with Crippen molar-refractivity contribution in [3.05, 3.63) is 64.5 Å². The lowest BCUT2D eigenvalue weighted by molar-refractivity contribution is -0.115. The lowest BCUT2D eigenvalue weighted by atomic mass is 10.0. The minimum atomic E-state index is -0.0498. The van der Waals surface area contributed by atoms with E-state index < -0.39 is 0 Å². The van der Waals surface area contributed by atoms with Gasteiger partial charge in [-0.1, -0.05) is 30.7 Å². The van der Waals surface area contributed by atoms with Crippen LogP contribution in [0.25, 0.3) is 11.3 Å². The van der Waals surface area contributed by atoms with E-state index in [1.54, 1.807) is 0 Å². The lowest BCUT2D eigenvalue weighted by Crippen LogP contribution is -2.14. The molecular weight excluding hydrogens is 356 g/mol. The first kappa shape index (κ1) is 19.1. The first-order valence-electron chi connectivity index (χ1n) is 9.10. The first-order valence-corrected chi connectivity index (χ1v) is 9.98. The number of hydrogen-bond donors (Lipinski definition) is 1. The fraction of sp³-hybridized carbons (Fsp3) is 0.273. The summed E-state index contributed by atoms with van der Waals surface area (Å²) in [5, 5.41) is 5.48. The molecule has 0 atom stereocenters. The van der Waals surface area contributed by atoms with Crippen molar-refractivity contribution < 1.29 is 9.53 Å². The van der Waals surface area contributed by atoms with Crippen LogP contribution in [-0.2, 0) is 11.2 Å². The molecule has 0 aliphatic carbocycles. The van der Waals surface area contributed by atoms with E-state index >= 15 is 0 Å². The predicted octanol–water partition coefficient (Wildman–Crippen LogP) is 5.40. The summed E-state index contributed by atoms with van der Waals surface area (Å²) in [5.74, 6) is 0.809. The summed E-state index contributed by atoms with van der Waals surface area (Å²) >= 11 is 1.43. The van der Waals surface area contributed by atoms with Gasteiger partial charge in [0.2, 0.25) is 5.91 Å². The van der Waals surface area contributed by atoms with Gasteiger partial charge in [-0.3, -0.25) is 4.79 Å². The Bertz CT molecular complexity index is 916. The van der Waals surface area contributed by atoms with Gasteiger partial charge >= 0.3 is 0 Å². The Hall–Kier alpha value is -2.66. The first-order chi connectivity index (χ1) is 13.0. The number of carbonyl (C=O) groups is 1. The molecule has 0 fully saturated rings. The Morgan fingerprint density at radius 3 is 2.63 bits per heavy atom. The zero-order valence-electron chi connectivity index (χ0n) is 15.9. The molecule has 1 amide bonds. The van der Waals surface area contributed by atoms with Gasteiger partial charge in [0.05, 0.1) is 18.7 Å². The van der Waals surface area contributed by atoms with E-state index in [1.165, 1.54) is 16.9 Å². The van der Waals surface area contributed by atoms with Crippen molar-refractivity contribution in [3.8, 4) is 17.0 Å². The van der Waals surface area contributed by atoms with Crippen molar-refractivity contribution in [3.63, 3.8) is 0 Å². The molecule has 2 aromatic carbocycles. The zero-order valence-corrected chi connectivity index (χ0v) is 16.7. The number of aromatic nitrogens is 1. The number of ether oxygens (including phenoxy) is 1. The normalized spacial score (nSPS) is 10.6. The Balaban J connectivity index is 1.62. The fourth-order valence-electron chi connectivity index (χ4n) is 2.79. The highest BCUT2D eigenvalue weighted by atomic mass is 32.1. The Morgan fingerprint density at radius 1 is 1.15 bits per heavy atom. The lowest BCUT2D eigenvalue weighted by Gasteiger charge is -2.06. The van der Waals surface area contributed by atoms with Crippen LogP contribution < -0.4 is 10.1 Å². The van der Waals surface area contributed by atoms with Gasteiger partial charge in [0.15, 0.2) is 5.13 Å².